The highest BCUT2D eigenvalue weighted by Crippen LogP contribution is 2.34. The summed E-state index contributed by atoms with van der Waals surface area (Å²) < 4.78 is 14.6. The zero-order valence-electron chi connectivity index (χ0n) is 21.1. The minimum atomic E-state index is -0.334. The molecule has 4 aromatic heterocycles. The first-order chi connectivity index (χ1) is 19.1. The molecule has 1 fully saturated rings. The van der Waals surface area contributed by atoms with E-state index in [0.29, 0.717) is 39.3 Å². The summed E-state index contributed by atoms with van der Waals surface area (Å²) in [6, 6.07) is 14.7. The van der Waals surface area contributed by atoms with Crippen LogP contribution >= 0.6 is 0 Å². The van der Waals surface area contributed by atoms with E-state index in [2.05, 4.69) is 43.5 Å². The second-order valence-corrected chi connectivity index (χ2v) is 9.88. The number of imidazole rings is 1. The van der Waals surface area contributed by atoms with Crippen LogP contribution in [0.1, 0.15) is 25.3 Å². The van der Waals surface area contributed by atoms with Crippen LogP contribution in [0.25, 0.3) is 55.8 Å². The van der Waals surface area contributed by atoms with Crippen molar-refractivity contribution < 1.29 is 9.18 Å². The smallest absolute Gasteiger partial charge is 0.227 e. The number of amides is 1. The number of hydrogen-bond donors (Lipinski definition) is 3. The Kier molecular flexibility index (Phi) is 5.43. The van der Waals surface area contributed by atoms with Crippen LogP contribution < -0.4 is 5.32 Å². The third-order valence-corrected chi connectivity index (χ3v) is 7.15. The van der Waals surface area contributed by atoms with Crippen molar-refractivity contribution in [2.75, 3.05) is 5.32 Å². The van der Waals surface area contributed by atoms with Crippen molar-refractivity contribution in [3.05, 3.63) is 78.5 Å². The molecule has 192 valence electrons. The largest absolute Gasteiger partial charge is 0.335 e. The Bertz CT molecular complexity index is 1890. The van der Waals surface area contributed by atoms with Gasteiger partial charge in [0, 0.05) is 40.7 Å². The molecule has 9 heteroatoms. The fourth-order valence-electron chi connectivity index (χ4n) is 4.89. The molecule has 1 saturated carbocycles. The topological polar surface area (TPSA) is 112 Å². The van der Waals surface area contributed by atoms with Crippen molar-refractivity contribution in [2.24, 2.45) is 5.92 Å². The Hall–Kier alpha value is -4.92. The van der Waals surface area contributed by atoms with Crippen LogP contribution in [-0.4, -0.2) is 36.0 Å². The summed E-state index contributed by atoms with van der Waals surface area (Å²) in [7, 11) is 0. The van der Waals surface area contributed by atoms with Crippen LogP contribution in [0.15, 0.2) is 67.1 Å². The van der Waals surface area contributed by atoms with Crippen LogP contribution in [0.3, 0.4) is 0 Å². The van der Waals surface area contributed by atoms with Gasteiger partial charge in [-0.2, -0.15) is 5.10 Å². The number of anilines is 1. The van der Waals surface area contributed by atoms with Crippen molar-refractivity contribution in [2.45, 2.75) is 26.2 Å². The van der Waals surface area contributed by atoms with E-state index in [4.69, 9.17) is 4.98 Å². The van der Waals surface area contributed by atoms with Crippen LogP contribution in [-0.2, 0) is 11.2 Å². The Morgan fingerprint density at radius 2 is 1.92 bits per heavy atom. The minimum Gasteiger partial charge on any atom is -0.335 e. The number of benzene rings is 2. The Balaban J connectivity index is 1.31. The SMILES string of the molecule is CCc1cc(NC(=O)C2CC2)cc(-c2cnc3n[nH]c(-c4nc5c(-c6ccccc6F)cncc5[nH]4)c3c2)c1. The number of fused-ring (bicyclic) bond motifs is 2. The van der Waals surface area contributed by atoms with Gasteiger partial charge in [-0.3, -0.25) is 14.9 Å². The second-order valence-electron chi connectivity index (χ2n) is 9.88. The summed E-state index contributed by atoms with van der Waals surface area (Å²) in [5, 5.41) is 11.3. The number of H-pyrrole nitrogens is 2. The molecule has 1 aliphatic carbocycles. The number of aryl methyl sites for hydroxylation is 1. The summed E-state index contributed by atoms with van der Waals surface area (Å²) in [5.74, 6) is 0.424. The molecule has 0 aliphatic heterocycles. The summed E-state index contributed by atoms with van der Waals surface area (Å²) in [6.07, 6.45) is 7.82. The van der Waals surface area contributed by atoms with Crippen LogP contribution in [0.5, 0.6) is 0 Å². The standard InChI is InChI=1S/C30H24FN7O/c1-2-16-9-18(11-20(10-16)34-30(39)17-7-8-17)19-12-22-27(37-38-28(22)33-13-19)29-35-25-15-32-14-23(26(25)36-29)21-5-3-4-6-24(21)31/h3-6,9-15,17H,2,7-8H2,1H3,(H,34,39)(H,35,36)(H,33,37,38). The molecule has 0 saturated heterocycles. The van der Waals surface area contributed by atoms with Gasteiger partial charge in [-0.05, 0) is 54.7 Å². The van der Waals surface area contributed by atoms with E-state index >= 15 is 0 Å². The molecule has 0 bridgehead atoms. The van der Waals surface area contributed by atoms with Gasteiger partial charge in [0.2, 0.25) is 5.91 Å². The third-order valence-electron chi connectivity index (χ3n) is 7.15. The van der Waals surface area contributed by atoms with E-state index in [0.717, 1.165) is 47.0 Å². The monoisotopic (exact) mass is 517 g/mol. The maximum Gasteiger partial charge on any atom is 0.227 e. The molecule has 0 unspecified atom stereocenters. The van der Waals surface area contributed by atoms with Gasteiger partial charge < -0.3 is 10.3 Å². The predicted molar refractivity (Wildman–Crippen MR) is 148 cm³/mol. The molecule has 4 heterocycles. The van der Waals surface area contributed by atoms with Gasteiger partial charge >= 0.3 is 0 Å². The maximum absolute atomic E-state index is 14.6. The van der Waals surface area contributed by atoms with Crippen LogP contribution in [0.4, 0.5) is 10.1 Å². The number of nitrogens with zero attached hydrogens (tertiary/aromatic N) is 4. The number of rotatable bonds is 6. The summed E-state index contributed by atoms with van der Waals surface area (Å²) in [5.41, 5.74) is 7.33. The lowest BCUT2D eigenvalue weighted by atomic mass is 10.0. The second kappa shape index (κ2) is 9.13. The Morgan fingerprint density at radius 1 is 1.05 bits per heavy atom. The predicted octanol–water partition coefficient (Wildman–Crippen LogP) is 6.28. The van der Waals surface area contributed by atoms with Gasteiger partial charge in [-0.15, -0.1) is 0 Å². The van der Waals surface area contributed by atoms with E-state index in [1.165, 1.54) is 6.07 Å². The maximum atomic E-state index is 14.6. The highest BCUT2D eigenvalue weighted by Gasteiger charge is 2.29. The van der Waals surface area contributed by atoms with Crippen molar-refractivity contribution in [1.29, 1.82) is 0 Å². The molecule has 7 rings (SSSR count). The Labute approximate surface area is 222 Å². The first-order valence-corrected chi connectivity index (χ1v) is 13.0. The average molecular weight is 518 g/mol. The molecule has 8 nitrogen and oxygen atoms in total. The van der Waals surface area contributed by atoms with Crippen molar-refractivity contribution in [3.63, 3.8) is 0 Å². The van der Waals surface area contributed by atoms with E-state index in [9.17, 15) is 9.18 Å². The number of aromatic amines is 2. The van der Waals surface area contributed by atoms with Crippen molar-refractivity contribution in [1.82, 2.24) is 30.1 Å². The van der Waals surface area contributed by atoms with Gasteiger partial charge in [-0.25, -0.2) is 14.4 Å². The average Bonchev–Trinajstić information content (AvgIpc) is 3.59. The normalized spacial score (nSPS) is 13.3. The quantitative estimate of drug-likeness (QED) is 0.241. The van der Waals surface area contributed by atoms with Crippen molar-refractivity contribution in [3.8, 4) is 33.8 Å². The van der Waals surface area contributed by atoms with Crippen LogP contribution in [0, 0.1) is 11.7 Å². The molecule has 39 heavy (non-hydrogen) atoms. The number of carbonyl (C=O) groups excluding carboxylic acids is 1. The molecule has 3 N–H and O–H groups in total. The number of carbonyl (C=O) groups is 1. The van der Waals surface area contributed by atoms with E-state index in [1.54, 1.807) is 36.8 Å². The zero-order valence-corrected chi connectivity index (χ0v) is 21.1. The molecule has 6 aromatic rings. The lowest BCUT2D eigenvalue weighted by molar-refractivity contribution is -0.117. The first kappa shape index (κ1) is 23.2. The molecule has 0 atom stereocenters. The number of nitrogens with one attached hydrogen (secondary N) is 3. The van der Waals surface area contributed by atoms with Gasteiger partial charge in [-0.1, -0.05) is 31.2 Å². The molecule has 0 radical (unpaired) electrons. The van der Waals surface area contributed by atoms with Gasteiger partial charge in [0.1, 0.15) is 17.0 Å². The van der Waals surface area contributed by atoms with Gasteiger partial charge in [0.25, 0.3) is 0 Å². The fourth-order valence-corrected chi connectivity index (χ4v) is 4.89. The summed E-state index contributed by atoms with van der Waals surface area (Å²) in [4.78, 5) is 29.4. The van der Waals surface area contributed by atoms with Gasteiger partial charge in [0.15, 0.2) is 11.5 Å². The fraction of sp³-hybridized carbons (Fsp3) is 0.167. The number of pyridine rings is 2. The number of aromatic nitrogens is 6. The van der Waals surface area contributed by atoms with E-state index in [-0.39, 0.29) is 17.6 Å². The third kappa shape index (κ3) is 4.21. The molecular formula is C30H24FN7O. The first-order valence-electron chi connectivity index (χ1n) is 13.0. The van der Waals surface area contributed by atoms with Crippen molar-refractivity contribution >= 4 is 33.7 Å². The van der Waals surface area contributed by atoms with E-state index in [1.807, 2.05) is 18.2 Å². The molecule has 1 aliphatic rings. The molecule has 1 amide bonds. The summed E-state index contributed by atoms with van der Waals surface area (Å²) in [6.45, 7) is 2.09. The molecule has 2 aromatic carbocycles. The van der Waals surface area contributed by atoms with Gasteiger partial charge in [0.05, 0.1) is 17.1 Å². The lowest BCUT2D eigenvalue weighted by Crippen LogP contribution is -2.13. The lowest BCUT2D eigenvalue weighted by Gasteiger charge is -2.10. The minimum absolute atomic E-state index is 0.0778. The highest BCUT2D eigenvalue weighted by atomic mass is 19.1. The van der Waals surface area contributed by atoms with E-state index < -0.39 is 0 Å². The summed E-state index contributed by atoms with van der Waals surface area (Å²) >= 11 is 0. The van der Waals surface area contributed by atoms with Crippen LogP contribution in [0.2, 0.25) is 0 Å². The highest BCUT2D eigenvalue weighted by molar-refractivity contribution is 5.98. The zero-order chi connectivity index (χ0) is 26.5. The number of halogens is 1. The Morgan fingerprint density at radius 3 is 2.74 bits per heavy atom. The molecular weight excluding hydrogens is 493 g/mol. The number of hydrogen-bond acceptors (Lipinski definition) is 5. The molecule has 0 spiro atoms.